The molecule has 64 valence electrons. The van der Waals surface area contributed by atoms with Crippen molar-refractivity contribution >= 4 is 0 Å². The summed E-state index contributed by atoms with van der Waals surface area (Å²) in [4.78, 5) is 9.95. The minimum atomic E-state index is -0.408. The molecule has 1 fully saturated rings. The van der Waals surface area contributed by atoms with E-state index in [2.05, 4.69) is 6.58 Å². The van der Waals surface area contributed by atoms with Gasteiger partial charge in [-0.05, 0) is 13.8 Å². The largest absolute Gasteiger partial charge is 0.370 e. The first-order chi connectivity index (χ1) is 5.14. The van der Waals surface area contributed by atoms with Gasteiger partial charge in [0.05, 0.1) is 6.61 Å². The summed E-state index contributed by atoms with van der Waals surface area (Å²) in [7, 11) is 0. The van der Waals surface area contributed by atoms with Crippen molar-refractivity contribution in [2.24, 2.45) is 0 Å². The van der Waals surface area contributed by atoms with Crippen LogP contribution < -0.4 is 0 Å². The Morgan fingerprint density at radius 2 is 2.36 bits per heavy atom. The van der Waals surface area contributed by atoms with Gasteiger partial charge in [0.1, 0.15) is 18.3 Å². The molecule has 1 unspecified atom stereocenters. The molecule has 11 heavy (non-hydrogen) atoms. The molecule has 0 bridgehead atoms. The van der Waals surface area contributed by atoms with E-state index >= 15 is 0 Å². The van der Waals surface area contributed by atoms with Gasteiger partial charge in [-0.2, -0.15) is 0 Å². The lowest BCUT2D eigenvalue weighted by Gasteiger charge is -2.18. The maximum absolute atomic E-state index is 5.03. The predicted molar refractivity (Wildman–Crippen MR) is 41.1 cm³/mol. The first kappa shape index (κ1) is 8.71. The Balaban J connectivity index is 2.04. The van der Waals surface area contributed by atoms with Crippen LogP contribution in [0.4, 0.5) is 0 Å². The van der Waals surface area contributed by atoms with E-state index in [1.807, 2.05) is 13.8 Å². The van der Waals surface area contributed by atoms with Crippen molar-refractivity contribution in [2.75, 3.05) is 13.2 Å². The third-order valence-corrected chi connectivity index (χ3v) is 1.42. The lowest BCUT2D eigenvalue weighted by molar-refractivity contribution is -0.341. The third-order valence-electron chi connectivity index (χ3n) is 1.42. The second-order valence-corrected chi connectivity index (χ2v) is 3.13. The second-order valence-electron chi connectivity index (χ2n) is 3.13. The van der Waals surface area contributed by atoms with Crippen molar-refractivity contribution in [3.63, 3.8) is 0 Å². The molecule has 1 heterocycles. The van der Waals surface area contributed by atoms with Crippen LogP contribution in [0.1, 0.15) is 13.8 Å². The minimum Gasteiger partial charge on any atom is -0.370 e. The Morgan fingerprint density at radius 1 is 1.73 bits per heavy atom. The molecule has 0 radical (unpaired) electrons. The van der Waals surface area contributed by atoms with Crippen molar-refractivity contribution in [3.8, 4) is 0 Å². The average molecular weight is 158 g/mol. The predicted octanol–water partition coefficient (Wildman–Crippen LogP) is 1.30. The van der Waals surface area contributed by atoms with Gasteiger partial charge in [-0.1, -0.05) is 6.08 Å². The Bertz CT molecular complexity index is 138. The van der Waals surface area contributed by atoms with Gasteiger partial charge in [-0.25, -0.2) is 9.78 Å². The maximum atomic E-state index is 5.03. The van der Waals surface area contributed by atoms with Gasteiger partial charge < -0.3 is 4.74 Å². The number of rotatable bonds is 5. The van der Waals surface area contributed by atoms with Crippen molar-refractivity contribution < 1.29 is 14.5 Å². The monoisotopic (exact) mass is 158 g/mol. The molecule has 0 aromatic rings. The van der Waals surface area contributed by atoms with Gasteiger partial charge in [0.15, 0.2) is 0 Å². The van der Waals surface area contributed by atoms with Gasteiger partial charge in [0, 0.05) is 0 Å². The highest BCUT2D eigenvalue weighted by Crippen LogP contribution is 2.13. The quantitative estimate of drug-likeness (QED) is 0.261. The van der Waals surface area contributed by atoms with Crippen molar-refractivity contribution in [3.05, 3.63) is 12.7 Å². The van der Waals surface area contributed by atoms with Crippen molar-refractivity contribution in [1.29, 1.82) is 0 Å². The van der Waals surface area contributed by atoms with Gasteiger partial charge in [-0.3, -0.25) is 0 Å². The molecule has 0 aromatic heterocycles. The molecular weight excluding hydrogens is 144 g/mol. The van der Waals surface area contributed by atoms with Gasteiger partial charge in [-0.15, -0.1) is 6.58 Å². The number of hydrogen-bond donors (Lipinski definition) is 0. The molecule has 3 nitrogen and oxygen atoms in total. The molecule has 0 amide bonds. The molecule has 1 aliphatic rings. The molecule has 1 atom stereocenters. The Morgan fingerprint density at radius 3 is 2.82 bits per heavy atom. The average Bonchev–Trinajstić information content (AvgIpc) is 2.71. The molecule has 1 aliphatic heterocycles. The van der Waals surface area contributed by atoms with Gasteiger partial charge in [0.2, 0.25) is 0 Å². The lowest BCUT2D eigenvalue weighted by Crippen LogP contribution is -2.22. The molecule has 0 N–H and O–H groups in total. The topological polar surface area (TPSA) is 31.0 Å². The molecular formula is C8H14O3. The summed E-state index contributed by atoms with van der Waals surface area (Å²) < 4.78 is 4.93. The van der Waals surface area contributed by atoms with Crippen LogP contribution in [0.15, 0.2) is 12.7 Å². The SMILES string of the molecule is C=CC(C)(C)OOCC1CO1. The third kappa shape index (κ3) is 3.51. The molecule has 1 saturated heterocycles. The highest BCUT2D eigenvalue weighted by molar-refractivity contribution is 4.88. The Hall–Kier alpha value is -0.380. The van der Waals surface area contributed by atoms with E-state index in [0.717, 1.165) is 6.61 Å². The fourth-order valence-electron chi connectivity index (χ4n) is 0.460. The molecule has 3 heteroatoms. The van der Waals surface area contributed by atoms with Crippen LogP contribution in [-0.4, -0.2) is 24.9 Å². The van der Waals surface area contributed by atoms with Crippen LogP contribution in [0.2, 0.25) is 0 Å². The first-order valence-corrected chi connectivity index (χ1v) is 3.70. The van der Waals surface area contributed by atoms with E-state index in [9.17, 15) is 0 Å². The molecule has 0 aromatic carbocycles. The summed E-state index contributed by atoms with van der Waals surface area (Å²) in [5.74, 6) is 0. The Kier molecular flexibility index (Phi) is 2.65. The van der Waals surface area contributed by atoms with Crippen LogP contribution in [-0.2, 0) is 14.5 Å². The summed E-state index contributed by atoms with van der Waals surface area (Å²) in [5.41, 5.74) is -0.408. The smallest absolute Gasteiger partial charge is 0.116 e. The molecule has 0 aliphatic carbocycles. The lowest BCUT2D eigenvalue weighted by atomic mass is 10.1. The second kappa shape index (κ2) is 3.34. The van der Waals surface area contributed by atoms with Crippen LogP contribution in [0.3, 0.4) is 0 Å². The number of hydrogen-bond acceptors (Lipinski definition) is 3. The minimum absolute atomic E-state index is 0.246. The Labute approximate surface area is 66.9 Å². The molecule has 0 spiro atoms. The van der Waals surface area contributed by atoms with Gasteiger partial charge >= 0.3 is 0 Å². The standard InChI is InChI=1S/C8H14O3/c1-4-8(2,3)11-10-6-7-5-9-7/h4,7H,1,5-6H2,2-3H3. The summed E-state index contributed by atoms with van der Waals surface area (Å²) in [6, 6.07) is 0. The van der Waals surface area contributed by atoms with E-state index in [-0.39, 0.29) is 6.10 Å². The van der Waals surface area contributed by atoms with E-state index in [4.69, 9.17) is 14.5 Å². The van der Waals surface area contributed by atoms with E-state index in [1.54, 1.807) is 6.08 Å². The fourth-order valence-corrected chi connectivity index (χ4v) is 0.460. The zero-order valence-electron chi connectivity index (χ0n) is 7.00. The van der Waals surface area contributed by atoms with Crippen molar-refractivity contribution in [2.45, 2.75) is 25.6 Å². The summed E-state index contributed by atoms with van der Waals surface area (Å²) in [5, 5.41) is 0. The zero-order valence-corrected chi connectivity index (χ0v) is 7.00. The summed E-state index contributed by atoms with van der Waals surface area (Å²) in [6.07, 6.45) is 1.94. The number of ether oxygens (including phenoxy) is 1. The van der Waals surface area contributed by atoms with E-state index in [0.29, 0.717) is 6.61 Å². The van der Waals surface area contributed by atoms with Crippen LogP contribution in [0.25, 0.3) is 0 Å². The molecule has 1 rings (SSSR count). The van der Waals surface area contributed by atoms with Crippen LogP contribution >= 0.6 is 0 Å². The zero-order chi connectivity index (χ0) is 8.32. The normalized spacial score (nSPS) is 23.3. The summed E-state index contributed by atoms with van der Waals surface area (Å²) in [6.45, 7) is 8.68. The highest BCUT2D eigenvalue weighted by Gasteiger charge is 2.24. The van der Waals surface area contributed by atoms with Crippen molar-refractivity contribution in [1.82, 2.24) is 0 Å². The number of epoxide rings is 1. The van der Waals surface area contributed by atoms with Gasteiger partial charge in [0.25, 0.3) is 0 Å². The van der Waals surface area contributed by atoms with Crippen LogP contribution in [0, 0.1) is 0 Å². The fraction of sp³-hybridized carbons (Fsp3) is 0.750. The summed E-state index contributed by atoms with van der Waals surface area (Å²) >= 11 is 0. The van der Waals surface area contributed by atoms with E-state index < -0.39 is 5.60 Å². The highest BCUT2D eigenvalue weighted by atomic mass is 17.2. The van der Waals surface area contributed by atoms with Crippen LogP contribution in [0.5, 0.6) is 0 Å². The van der Waals surface area contributed by atoms with E-state index in [1.165, 1.54) is 0 Å². The first-order valence-electron chi connectivity index (χ1n) is 3.70. The maximum Gasteiger partial charge on any atom is 0.116 e. The molecule has 0 saturated carbocycles.